The zero-order valence-corrected chi connectivity index (χ0v) is 7.49. The average Bonchev–Trinajstić information content (AvgIpc) is 2.04. The first kappa shape index (κ1) is 9.88. The highest BCUT2D eigenvalue weighted by atomic mass is 35.5. The van der Waals surface area contributed by atoms with Crippen LogP contribution in [-0.2, 0) is 6.42 Å². The zero-order chi connectivity index (χ0) is 9.84. The summed E-state index contributed by atoms with van der Waals surface area (Å²) in [6, 6.07) is 2.89. The molecule has 70 valence electrons. The SMILES string of the molecule is NCCc1ccc([N+](=O)[O-])c(Cl)n1. The van der Waals surface area contributed by atoms with Crippen molar-refractivity contribution in [1.29, 1.82) is 0 Å². The Morgan fingerprint density at radius 2 is 2.31 bits per heavy atom. The second-order valence-electron chi connectivity index (χ2n) is 2.41. The van der Waals surface area contributed by atoms with Gasteiger partial charge < -0.3 is 5.73 Å². The molecule has 0 unspecified atom stereocenters. The molecule has 0 radical (unpaired) electrons. The van der Waals surface area contributed by atoms with Crippen molar-refractivity contribution in [1.82, 2.24) is 4.98 Å². The fourth-order valence-corrected chi connectivity index (χ4v) is 1.13. The van der Waals surface area contributed by atoms with E-state index in [1.54, 1.807) is 6.07 Å². The Hall–Kier alpha value is -1.20. The summed E-state index contributed by atoms with van der Waals surface area (Å²) in [6.45, 7) is 0.446. The minimum Gasteiger partial charge on any atom is -0.330 e. The summed E-state index contributed by atoms with van der Waals surface area (Å²) < 4.78 is 0. The molecule has 1 heterocycles. The van der Waals surface area contributed by atoms with Crippen LogP contribution in [0.25, 0.3) is 0 Å². The highest BCUT2D eigenvalue weighted by Gasteiger charge is 2.12. The molecule has 0 atom stereocenters. The van der Waals surface area contributed by atoms with Crippen molar-refractivity contribution in [3.05, 3.63) is 33.1 Å². The first-order valence-electron chi connectivity index (χ1n) is 3.65. The number of halogens is 1. The van der Waals surface area contributed by atoms with Crippen LogP contribution in [0.3, 0.4) is 0 Å². The Labute approximate surface area is 79.7 Å². The molecule has 1 aromatic heterocycles. The van der Waals surface area contributed by atoms with E-state index in [0.717, 1.165) is 0 Å². The van der Waals surface area contributed by atoms with Crippen molar-refractivity contribution in [2.75, 3.05) is 6.54 Å². The third-order valence-electron chi connectivity index (χ3n) is 1.48. The van der Waals surface area contributed by atoms with Gasteiger partial charge in [0.05, 0.1) is 4.92 Å². The van der Waals surface area contributed by atoms with Crippen LogP contribution in [-0.4, -0.2) is 16.5 Å². The van der Waals surface area contributed by atoms with Gasteiger partial charge in [0, 0.05) is 18.2 Å². The van der Waals surface area contributed by atoms with Crippen LogP contribution in [0, 0.1) is 10.1 Å². The predicted molar refractivity (Wildman–Crippen MR) is 48.7 cm³/mol. The number of hydrogen-bond acceptors (Lipinski definition) is 4. The number of aromatic nitrogens is 1. The van der Waals surface area contributed by atoms with Gasteiger partial charge in [-0.3, -0.25) is 10.1 Å². The molecule has 6 heteroatoms. The third kappa shape index (κ3) is 2.37. The van der Waals surface area contributed by atoms with E-state index in [9.17, 15) is 10.1 Å². The largest absolute Gasteiger partial charge is 0.330 e. The molecular weight excluding hydrogens is 194 g/mol. The molecule has 0 fully saturated rings. The smallest absolute Gasteiger partial charge is 0.306 e. The van der Waals surface area contributed by atoms with Crippen molar-refractivity contribution in [2.24, 2.45) is 5.73 Å². The first-order valence-corrected chi connectivity index (χ1v) is 4.03. The maximum atomic E-state index is 10.3. The molecule has 0 spiro atoms. The van der Waals surface area contributed by atoms with E-state index in [1.807, 2.05) is 0 Å². The molecule has 0 aliphatic carbocycles. The molecule has 13 heavy (non-hydrogen) atoms. The minimum atomic E-state index is -0.568. The van der Waals surface area contributed by atoms with Crippen molar-refractivity contribution in [3.8, 4) is 0 Å². The van der Waals surface area contributed by atoms with E-state index in [1.165, 1.54) is 6.07 Å². The van der Waals surface area contributed by atoms with Gasteiger partial charge in [0.25, 0.3) is 0 Å². The highest BCUT2D eigenvalue weighted by Crippen LogP contribution is 2.21. The number of nitrogens with zero attached hydrogens (tertiary/aromatic N) is 2. The molecular formula is C7H8ClN3O2. The van der Waals surface area contributed by atoms with Crippen molar-refractivity contribution in [3.63, 3.8) is 0 Å². The van der Waals surface area contributed by atoms with Gasteiger partial charge in [0.2, 0.25) is 5.15 Å². The van der Waals surface area contributed by atoms with Gasteiger partial charge in [-0.15, -0.1) is 0 Å². The standard InChI is InChI=1S/C7H8ClN3O2/c8-7-6(11(12)13)2-1-5(10-7)3-4-9/h1-2H,3-4,9H2. The third-order valence-corrected chi connectivity index (χ3v) is 1.76. The van der Waals surface area contributed by atoms with Gasteiger partial charge >= 0.3 is 5.69 Å². The average molecular weight is 202 g/mol. The second kappa shape index (κ2) is 4.15. The number of nitrogens with two attached hydrogens (primary N) is 1. The lowest BCUT2D eigenvalue weighted by atomic mass is 10.2. The number of nitro groups is 1. The van der Waals surface area contributed by atoms with Crippen molar-refractivity contribution < 1.29 is 4.92 Å². The molecule has 0 aliphatic heterocycles. The maximum Gasteiger partial charge on any atom is 0.306 e. The molecule has 0 bridgehead atoms. The Kier molecular flexibility index (Phi) is 3.16. The van der Waals surface area contributed by atoms with Gasteiger partial charge in [-0.2, -0.15) is 0 Å². The van der Waals surface area contributed by atoms with Crippen LogP contribution in [0.4, 0.5) is 5.69 Å². The molecule has 0 aromatic carbocycles. The number of hydrogen-bond donors (Lipinski definition) is 1. The van der Waals surface area contributed by atoms with Crippen molar-refractivity contribution in [2.45, 2.75) is 6.42 Å². The fourth-order valence-electron chi connectivity index (χ4n) is 0.888. The van der Waals surface area contributed by atoms with Gasteiger partial charge in [0.1, 0.15) is 0 Å². The van der Waals surface area contributed by atoms with Gasteiger partial charge in [-0.25, -0.2) is 4.98 Å². The van der Waals surface area contributed by atoms with E-state index in [2.05, 4.69) is 4.98 Å². The normalized spacial score (nSPS) is 10.0. The van der Waals surface area contributed by atoms with Crippen LogP contribution < -0.4 is 5.73 Å². The molecule has 2 N–H and O–H groups in total. The van der Waals surface area contributed by atoms with Crippen LogP contribution in [0.5, 0.6) is 0 Å². The number of pyridine rings is 1. The van der Waals surface area contributed by atoms with E-state index in [4.69, 9.17) is 17.3 Å². The molecule has 1 rings (SSSR count). The molecule has 0 saturated heterocycles. The molecule has 0 saturated carbocycles. The van der Waals surface area contributed by atoms with Gasteiger partial charge in [-0.1, -0.05) is 11.6 Å². The lowest BCUT2D eigenvalue weighted by Gasteiger charge is -1.98. The first-order chi connectivity index (χ1) is 6.15. The summed E-state index contributed by atoms with van der Waals surface area (Å²) in [5, 5.41) is 10.3. The Morgan fingerprint density at radius 1 is 1.62 bits per heavy atom. The van der Waals surface area contributed by atoms with Crippen LogP contribution in [0.1, 0.15) is 5.69 Å². The Morgan fingerprint density at radius 3 is 2.77 bits per heavy atom. The lowest BCUT2D eigenvalue weighted by Crippen LogP contribution is -2.04. The Bertz CT molecular complexity index is 330. The molecule has 5 nitrogen and oxygen atoms in total. The molecule has 1 aromatic rings. The summed E-state index contributed by atoms with van der Waals surface area (Å²) in [5.41, 5.74) is 5.78. The second-order valence-corrected chi connectivity index (χ2v) is 2.77. The highest BCUT2D eigenvalue weighted by molar-refractivity contribution is 6.31. The monoisotopic (exact) mass is 201 g/mol. The zero-order valence-electron chi connectivity index (χ0n) is 6.74. The van der Waals surface area contributed by atoms with E-state index in [0.29, 0.717) is 18.7 Å². The van der Waals surface area contributed by atoms with E-state index in [-0.39, 0.29) is 10.8 Å². The summed E-state index contributed by atoms with van der Waals surface area (Å²) in [7, 11) is 0. The quantitative estimate of drug-likeness (QED) is 0.452. The fraction of sp³-hybridized carbons (Fsp3) is 0.286. The number of rotatable bonds is 3. The Balaban J connectivity index is 2.98. The van der Waals surface area contributed by atoms with Crippen LogP contribution >= 0.6 is 11.6 Å². The summed E-state index contributed by atoms with van der Waals surface area (Å²) >= 11 is 5.57. The summed E-state index contributed by atoms with van der Waals surface area (Å²) in [4.78, 5) is 13.6. The van der Waals surface area contributed by atoms with Crippen molar-refractivity contribution >= 4 is 17.3 Å². The van der Waals surface area contributed by atoms with E-state index >= 15 is 0 Å². The molecule has 0 aliphatic rings. The van der Waals surface area contributed by atoms with Gasteiger partial charge in [-0.05, 0) is 12.6 Å². The van der Waals surface area contributed by atoms with Crippen LogP contribution in [0.2, 0.25) is 5.15 Å². The van der Waals surface area contributed by atoms with Gasteiger partial charge in [0.15, 0.2) is 0 Å². The topological polar surface area (TPSA) is 82.0 Å². The minimum absolute atomic E-state index is 0.0871. The lowest BCUT2D eigenvalue weighted by molar-refractivity contribution is -0.385. The maximum absolute atomic E-state index is 10.3. The summed E-state index contributed by atoms with van der Waals surface area (Å²) in [5.74, 6) is 0. The molecule has 0 amide bonds. The van der Waals surface area contributed by atoms with E-state index < -0.39 is 4.92 Å². The van der Waals surface area contributed by atoms with Crippen LogP contribution in [0.15, 0.2) is 12.1 Å². The summed E-state index contributed by atoms with van der Waals surface area (Å²) in [6.07, 6.45) is 0.567. The predicted octanol–water partition coefficient (Wildman–Crippen LogP) is 1.14.